The number of nitrogens with zero attached hydrogens (tertiary/aromatic N) is 3. The Morgan fingerprint density at radius 2 is 1.96 bits per heavy atom. The van der Waals surface area contributed by atoms with Crippen molar-refractivity contribution in [2.75, 3.05) is 12.4 Å². The highest BCUT2D eigenvalue weighted by molar-refractivity contribution is 7.80. The molecule has 1 aromatic heterocycles. The minimum absolute atomic E-state index is 0.478. The van der Waals surface area contributed by atoms with E-state index in [-0.39, 0.29) is 0 Å². The van der Waals surface area contributed by atoms with Crippen LogP contribution in [0.4, 0.5) is 5.69 Å². The van der Waals surface area contributed by atoms with Gasteiger partial charge < -0.3 is 15.5 Å². The molecule has 1 aromatic carbocycles. The first-order valence-corrected chi connectivity index (χ1v) is 9.86. The van der Waals surface area contributed by atoms with E-state index in [1.807, 2.05) is 17.1 Å². The summed E-state index contributed by atoms with van der Waals surface area (Å²) in [6, 6.07) is 10.3. The lowest BCUT2D eigenvalue weighted by atomic mass is 9.98. The number of aromatic nitrogens is 2. The zero-order valence-electron chi connectivity index (χ0n) is 15.5. The molecule has 26 heavy (non-hydrogen) atoms. The highest BCUT2D eigenvalue weighted by Gasteiger charge is 2.38. The zero-order chi connectivity index (χ0) is 18.1. The van der Waals surface area contributed by atoms with Crippen molar-refractivity contribution in [3.8, 4) is 0 Å². The molecule has 2 aliphatic heterocycles. The highest BCUT2D eigenvalue weighted by Crippen LogP contribution is 2.34. The monoisotopic (exact) mass is 369 g/mol. The summed E-state index contributed by atoms with van der Waals surface area (Å²) in [6.07, 6.45) is 8.86. The number of aryl methyl sites for hydroxylation is 1. The Hall–Kier alpha value is -1.92. The Morgan fingerprint density at radius 1 is 1.23 bits per heavy atom. The van der Waals surface area contributed by atoms with Gasteiger partial charge in [0.1, 0.15) is 0 Å². The van der Waals surface area contributed by atoms with Gasteiger partial charge in [-0.15, -0.1) is 0 Å². The van der Waals surface area contributed by atoms with Crippen molar-refractivity contribution in [2.24, 2.45) is 0 Å². The molecular weight excluding hydrogens is 342 g/mol. The fraction of sp³-hybridized carbons (Fsp3) is 0.500. The smallest absolute Gasteiger partial charge is 0.171 e. The maximum Gasteiger partial charge on any atom is 0.171 e. The number of thiocarbonyl (C=S) groups is 1. The average Bonchev–Trinajstić information content (AvgIpc) is 3.10. The van der Waals surface area contributed by atoms with Crippen LogP contribution in [-0.4, -0.2) is 45.0 Å². The van der Waals surface area contributed by atoms with Gasteiger partial charge in [-0.1, -0.05) is 24.3 Å². The highest BCUT2D eigenvalue weighted by atomic mass is 32.1. The van der Waals surface area contributed by atoms with Gasteiger partial charge >= 0.3 is 0 Å². The summed E-state index contributed by atoms with van der Waals surface area (Å²) in [6.45, 7) is 2.90. The second kappa shape index (κ2) is 7.37. The summed E-state index contributed by atoms with van der Waals surface area (Å²) < 4.78 is 1.95. The lowest BCUT2D eigenvalue weighted by Crippen LogP contribution is -2.49. The fourth-order valence-electron chi connectivity index (χ4n) is 4.36. The number of nitrogens with one attached hydrogen (secondary N) is 2. The van der Waals surface area contributed by atoms with Gasteiger partial charge in [-0.05, 0) is 63.0 Å². The quantitative estimate of drug-likeness (QED) is 0.811. The van der Waals surface area contributed by atoms with Crippen molar-refractivity contribution in [1.29, 1.82) is 0 Å². The Bertz CT molecular complexity index is 772. The van der Waals surface area contributed by atoms with E-state index in [1.165, 1.54) is 36.8 Å². The van der Waals surface area contributed by atoms with Crippen molar-refractivity contribution in [2.45, 2.75) is 57.3 Å². The Morgan fingerprint density at radius 3 is 2.69 bits per heavy atom. The zero-order valence-corrected chi connectivity index (χ0v) is 16.3. The normalized spacial score (nSPS) is 25.2. The number of piperidine rings is 1. The molecule has 2 atom stereocenters. The van der Waals surface area contributed by atoms with Crippen LogP contribution in [0.5, 0.6) is 0 Å². The van der Waals surface area contributed by atoms with Crippen LogP contribution in [0.15, 0.2) is 36.7 Å². The van der Waals surface area contributed by atoms with Gasteiger partial charge in [-0.2, -0.15) is 5.10 Å². The molecule has 0 saturated carbocycles. The van der Waals surface area contributed by atoms with E-state index < -0.39 is 0 Å². The molecule has 2 fully saturated rings. The molecular formula is C20H27N5S. The molecule has 5 nitrogen and oxygen atoms in total. The predicted octanol–water partition coefficient (Wildman–Crippen LogP) is 3.15. The number of hydrogen-bond acceptors (Lipinski definition) is 3. The minimum Gasteiger partial charge on any atom is -0.360 e. The molecule has 4 rings (SSSR count). The minimum atomic E-state index is 0.478. The molecule has 2 bridgehead atoms. The first-order chi connectivity index (χ1) is 12.6. The van der Waals surface area contributed by atoms with Crippen LogP contribution in [0.2, 0.25) is 0 Å². The third-order valence-electron chi connectivity index (χ3n) is 5.92. The second-order valence-corrected chi connectivity index (χ2v) is 8.08. The number of hydrogen-bond donors (Lipinski definition) is 2. The Balaban J connectivity index is 1.31. The lowest BCUT2D eigenvalue weighted by molar-refractivity contribution is 0.156. The molecule has 0 unspecified atom stereocenters. The maximum absolute atomic E-state index is 5.53. The summed E-state index contributed by atoms with van der Waals surface area (Å²) in [4.78, 5) is 2.55. The largest absolute Gasteiger partial charge is 0.360 e. The van der Waals surface area contributed by atoms with E-state index in [1.54, 1.807) is 0 Å². The van der Waals surface area contributed by atoms with E-state index >= 15 is 0 Å². The van der Waals surface area contributed by atoms with Crippen LogP contribution in [0.1, 0.15) is 36.8 Å². The van der Waals surface area contributed by atoms with Crippen molar-refractivity contribution in [3.05, 3.63) is 47.8 Å². The third-order valence-corrected chi connectivity index (χ3v) is 6.14. The van der Waals surface area contributed by atoms with Crippen molar-refractivity contribution >= 4 is 23.0 Å². The summed E-state index contributed by atoms with van der Waals surface area (Å²) in [5, 5.41) is 12.0. The number of fused-ring (bicyclic) bond motifs is 2. The van der Waals surface area contributed by atoms with Crippen molar-refractivity contribution < 1.29 is 0 Å². The van der Waals surface area contributed by atoms with Crippen LogP contribution in [0.3, 0.4) is 0 Å². The predicted molar refractivity (Wildman–Crippen MR) is 109 cm³/mol. The molecule has 2 N–H and O–H groups in total. The van der Waals surface area contributed by atoms with Crippen molar-refractivity contribution in [3.63, 3.8) is 0 Å². The van der Waals surface area contributed by atoms with Gasteiger partial charge in [-0.25, -0.2) is 0 Å². The standard InChI is InChI=1S/C20H27N5S/c1-14-5-3-4-6-15(14)12-25-13-17(11-21-25)23-20(26)22-16-9-18-7-8-19(10-16)24(18)2/h3-6,11,13,16,18-19H,7-10,12H2,1-2H3,(H2,22,23,26)/t18-,19-/m0/s1. The Labute approximate surface area is 160 Å². The number of anilines is 1. The number of benzene rings is 1. The molecule has 0 amide bonds. The SMILES string of the molecule is Cc1ccccc1Cn1cc(NC(=S)NC2C[C@@H]3CC[C@@H](C2)N3C)cn1. The van der Waals surface area contributed by atoms with E-state index in [0.29, 0.717) is 23.2 Å². The second-order valence-electron chi connectivity index (χ2n) is 7.67. The van der Waals surface area contributed by atoms with Gasteiger partial charge in [0.2, 0.25) is 0 Å². The molecule has 3 heterocycles. The number of rotatable bonds is 4. The first-order valence-electron chi connectivity index (χ1n) is 9.45. The van der Waals surface area contributed by atoms with Crippen LogP contribution < -0.4 is 10.6 Å². The Kier molecular flexibility index (Phi) is 4.96. The molecule has 2 saturated heterocycles. The van der Waals surface area contributed by atoms with E-state index in [0.717, 1.165) is 12.2 Å². The first kappa shape index (κ1) is 17.5. The summed E-state index contributed by atoms with van der Waals surface area (Å²) >= 11 is 5.53. The molecule has 0 aliphatic carbocycles. The van der Waals surface area contributed by atoms with Crippen LogP contribution >= 0.6 is 12.2 Å². The van der Waals surface area contributed by atoms with Crippen LogP contribution in [0, 0.1) is 6.92 Å². The van der Waals surface area contributed by atoms with E-state index in [9.17, 15) is 0 Å². The summed E-state index contributed by atoms with van der Waals surface area (Å²) in [5.74, 6) is 0. The molecule has 2 aromatic rings. The summed E-state index contributed by atoms with van der Waals surface area (Å²) in [7, 11) is 2.26. The molecule has 138 valence electrons. The maximum atomic E-state index is 5.53. The fourth-order valence-corrected chi connectivity index (χ4v) is 4.64. The van der Waals surface area contributed by atoms with E-state index in [4.69, 9.17) is 12.2 Å². The van der Waals surface area contributed by atoms with Gasteiger partial charge in [0.25, 0.3) is 0 Å². The third kappa shape index (κ3) is 3.76. The summed E-state index contributed by atoms with van der Waals surface area (Å²) in [5.41, 5.74) is 3.50. The van der Waals surface area contributed by atoms with Crippen LogP contribution in [-0.2, 0) is 6.54 Å². The molecule has 0 radical (unpaired) electrons. The topological polar surface area (TPSA) is 45.1 Å². The molecule has 2 aliphatic rings. The van der Waals surface area contributed by atoms with E-state index in [2.05, 4.69) is 58.9 Å². The lowest BCUT2D eigenvalue weighted by Gasteiger charge is -2.37. The molecule has 6 heteroatoms. The van der Waals surface area contributed by atoms with Gasteiger partial charge in [-0.3, -0.25) is 4.68 Å². The van der Waals surface area contributed by atoms with Gasteiger partial charge in [0.05, 0.1) is 18.4 Å². The molecule has 0 spiro atoms. The van der Waals surface area contributed by atoms with Crippen LogP contribution in [0.25, 0.3) is 0 Å². The van der Waals surface area contributed by atoms with Gasteiger partial charge in [0, 0.05) is 24.3 Å². The van der Waals surface area contributed by atoms with Crippen molar-refractivity contribution in [1.82, 2.24) is 20.0 Å². The average molecular weight is 370 g/mol. The van der Waals surface area contributed by atoms with Gasteiger partial charge in [0.15, 0.2) is 5.11 Å².